The largest absolute Gasteiger partial charge is 0.315 e. The predicted octanol–water partition coefficient (Wildman–Crippen LogP) is 3.34. The molecule has 0 unspecified atom stereocenters. The fraction of sp³-hybridized carbons (Fsp3) is 1.00. The molecule has 0 aromatic carbocycles. The van der Waals surface area contributed by atoms with Gasteiger partial charge in [0, 0.05) is 5.54 Å². The van der Waals surface area contributed by atoms with E-state index in [1.54, 1.807) is 0 Å². The Bertz CT molecular complexity index is 134. The second kappa shape index (κ2) is 4.99. The fourth-order valence-electron chi connectivity index (χ4n) is 2.17. The van der Waals surface area contributed by atoms with Crippen LogP contribution in [0, 0.1) is 5.92 Å². The highest BCUT2D eigenvalue weighted by molar-refractivity contribution is 4.77. The first kappa shape index (κ1) is 11.0. The molecule has 1 N–H and O–H groups in total. The lowest BCUT2D eigenvalue weighted by atomic mass is 9.83. The van der Waals surface area contributed by atoms with Crippen molar-refractivity contribution in [2.24, 2.45) is 5.92 Å². The Morgan fingerprint density at radius 3 is 2.31 bits per heavy atom. The van der Waals surface area contributed by atoms with E-state index in [9.17, 15) is 0 Å². The first-order chi connectivity index (χ1) is 6.14. The third kappa shape index (κ3) is 4.12. The van der Waals surface area contributed by atoms with Gasteiger partial charge in [0.05, 0.1) is 0 Å². The highest BCUT2D eigenvalue weighted by atomic mass is 14.9. The Morgan fingerprint density at radius 1 is 1.15 bits per heavy atom. The maximum absolute atomic E-state index is 3.38. The van der Waals surface area contributed by atoms with Crippen LogP contribution >= 0.6 is 0 Å². The van der Waals surface area contributed by atoms with Gasteiger partial charge in [0.25, 0.3) is 0 Å². The molecule has 1 heteroatoms. The Balaban J connectivity index is 2.17. The third-order valence-electron chi connectivity index (χ3n) is 3.58. The van der Waals surface area contributed by atoms with Gasteiger partial charge < -0.3 is 5.32 Å². The number of nitrogens with one attached hydrogen (secondary N) is 1. The van der Waals surface area contributed by atoms with Gasteiger partial charge >= 0.3 is 0 Å². The average Bonchev–Trinajstić information content (AvgIpc) is 2.17. The van der Waals surface area contributed by atoms with E-state index in [4.69, 9.17) is 0 Å². The minimum absolute atomic E-state index is 0.345. The molecular formula is C12H25N. The van der Waals surface area contributed by atoms with Crippen LogP contribution in [0.4, 0.5) is 0 Å². The first-order valence-corrected chi connectivity index (χ1v) is 5.83. The predicted molar refractivity (Wildman–Crippen MR) is 58.9 cm³/mol. The Kier molecular flexibility index (Phi) is 4.24. The van der Waals surface area contributed by atoms with Gasteiger partial charge in [-0.1, -0.05) is 32.1 Å². The number of hydrogen-bond donors (Lipinski definition) is 1. The molecule has 13 heavy (non-hydrogen) atoms. The zero-order valence-electron chi connectivity index (χ0n) is 9.53. The molecule has 0 aliphatic heterocycles. The van der Waals surface area contributed by atoms with E-state index in [1.807, 2.05) is 0 Å². The van der Waals surface area contributed by atoms with E-state index < -0.39 is 0 Å². The number of hydrogen-bond acceptors (Lipinski definition) is 1. The molecule has 1 aliphatic carbocycles. The molecule has 1 fully saturated rings. The summed E-state index contributed by atoms with van der Waals surface area (Å²) in [4.78, 5) is 0. The van der Waals surface area contributed by atoms with Crippen LogP contribution in [-0.4, -0.2) is 12.6 Å². The average molecular weight is 183 g/mol. The number of rotatable bonds is 4. The maximum Gasteiger partial charge on any atom is 0.0122 e. The molecular weight excluding hydrogens is 158 g/mol. The summed E-state index contributed by atoms with van der Waals surface area (Å²) in [5.74, 6) is 1.03. The zero-order chi connectivity index (χ0) is 9.73. The Morgan fingerprint density at radius 2 is 1.77 bits per heavy atom. The van der Waals surface area contributed by atoms with Gasteiger partial charge in [0.2, 0.25) is 0 Å². The van der Waals surface area contributed by atoms with Crippen molar-refractivity contribution in [2.45, 2.75) is 64.3 Å². The zero-order valence-corrected chi connectivity index (χ0v) is 9.53. The van der Waals surface area contributed by atoms with Crippen LogP contribution < -0.4 is 5.32 Å². The molecule has 0 saturated heterocycles. The van der Waals surface area contributed by atoms with Crippen molar-refractivity contribution in [2.75, 3.05) is 7.05 Å². The molecule has 1 nitrogen and oxygen atoms in total. The second-order valence-corrected chi connectivity index (χ2v) is 5.18. The van der Waals surface area contributed by atoms with Crippen molar-refractivity contribution in [3.8, 4) is 0 Å². The van der Waals surface area contributed by atoms with Crippen LogP contribution in [0.15, 0.2) is 0 Å². The molecule has 0 atom stereocenters. The molecule has 0 aromatic heterocycles. The lowest BCUT2D eigenvalue weighted by Crippen LogP contribution is -2.36. The Labute approximate surface area is 83.3 Å². The minimum atomic E-state index is 0.345. The maximum atomic E-state index is 3.38. The SMILES string of the molecule is CNC(C)(C)CCC1CCCCC1. The van der Waals surface area contributed by atoms with Crippen LogP contribution in [0.3, 0.4) is 0 Å². The molecule has 0 aromatic rings. The van der Waals surface area contributed by atoms with Crippen molar-refractivity contribution >= 4 is 0 Å². The van der Waals surface area contributed by atoms with Crippen LogP contribution in [0.2, 0.25) is 0 Å². The summed E-state index contributed by atoms with van der Waals surface area (Å²) in [5.41, 5.74) is 0.345. The van der Waals surface area contributed by atoms with E-state index in [1.165, 1.54) is 44.9 Å². The van der Waals surface area contributed by atoms with Gasteiger partial charge in [-0.15, -0.1) is 0 Å². The third-order valence-corrected chi connectivity index (χ3v) is 3.58. The minimum Gasteiger partial charge on any atom is -0.315 e. The molecule has 0 heterocycles. The van der Waals surface area contributed by atoms with Crippen molar-refractivity contribution < 1.29 is 0 Å². The summed E-state index contributed by atoms with van der Waals surface area (Å²) in [6, 6.07) is 0. The molecule has 1 aliphatic rings. The van der Waals surface area contributed by atoms with Crippen LogP contribution in [-0.2, 0) is 0 Å². The normalized spacial score (nSPS) is 20.5. The van der Waals surface area contributed by atoms with E-state index in [0.717, 1.165) is 5.92 Å². The van der Waals surface area contributed by atoms with E-state index in [-0.39, 0.29) is 0 Å². The van der Waals surface area contributed by atoms with Crippen molar-refractivity contribution in [1.82, 2.24) is 5.32 Å². The summed E-state index contributed by atoms with van der Waals surface area (Å²) in [6.45, 7) is 4.60. The summed E-state index contributed by atoms with van der Waals surface area (Å²) in [7, 11) is 2.07. The summed E-state index contributed by atoms with van der Waals surface area (Å²) in [6.07, 6.45) is 10.2. The van der Waals surface area contributed by atoms with Crippen molar-refractivity contribution in [3.63, 3.8) is 0 Å². The first-order valence-electron chi connectivity index (χ1n) is 5.83. The van der Waals surface area contributed by atoms with Gasteiger partial charge in [-0.3, -0.25) is 0 Å². The van der Waals surface area contributed by atoms with Gasteiger partial charge in [0.1, 0.15) is 0 Å². The molecule has 1 saturated carbocycles. The highest BCUT2D eigenvalue weighted by Crippen LogP contribution is 2.29. The van der Waals surface area contributed by atoms with E-state index >= 15 is 0 Å². The van der Waals surface area contributed by atoms with Crippen LogP contribution in [0.25, 0.3) is 0 Å². The molecule has 0 bridgehead atoms. The molecule has 0 radical (unpaired) electrons. The standard InChI is InChI=1S/C12H25N/c1-12(2,13-3)10-9-11-7-5-4-6-8-11/h11,13H,4-10H2,1-3H3. The molecule has 0 spiro atoms. The molecule has 1 rings (SSSR count). The lowest BCUT2D eigenvalue weighted by molar-refractivity contribution is 0.286. The second-order valence-electron chi connectivity index (χ2n) is 5.18. The van der Waals surface area contributed by atoms with Gasteiger partial charge in [-0.25, -0.2) is 0 Å². The van der Waals surface area contributed by atoms with E-state index in [0.29, 0.717) is 5.54 Å². The van der Waals surface area contributed by atoms with Crippen LogP contribution in [0.5, 0.6) is 0 Å². The lowest BCUT2D eigenvalue weighted by Gasteiger charge is -2.28. The van der Waals surface area contributed by atoms with Crippen molar-refractivity contribution in [1.29, 1.82) is 0 Å². The topological polar surface area (TPSA) is 12.0 Å². The summed E-state index contributed by atoms with van der Waals surface area (Å²) < 4.78 is 0. The van der Waals surface area contributed by atoms with Gasteiger partial charge in [0.15, 0.2) is 0 Å². The van der Waals surface area contributed by atoms with Gasteiger partial charge in [-0.2, -0.15) is 0 Å². The smallest absolute Gasteiger partial charge is 0.0122 e. The summed E-state index contributed by atoms with van der Waals surface area (Å²) >= 11 is 0. The summed E-state index contributed by atoms with van der Waals surface area (Å²) in [5, 5.41) is 3.38. The quantitative estimate of drug-likeness (QED) is 0.705. The fourth-order valence-corrected chi connectivity index (χ4v) is 2.17. The van der Waals surface area contributed by atoms with Crippen LogP contribution in [0.1, 0.15) is 58.8 Å². The van der Waals surface area contributed by atoms with E-state index in [2.05, 4.69) is 26.2 Å². The monoisotopic (exact) mass is 183 g/mol. The molecule has 0 amide bonds. The van der Waals surface area contributed by atoms with Crippen molar-refractivity contribution in [3.05, 3.63) is 0 Å². The Hall–Kier alpha value is -0.0400. The molecule has 78 valence electrons. The van der Waals surface area contributed by atoms with Gasteiger partial charge in [-0.05, 0) is 39.7 Å². The highest BCUT2D eigenvalue weighted by Gasteiger charge is 2.19.